The molecule has 19 heavy (non-hydrogen) atoms. The molecule has 0 aliphatic heterocycles. The van der Waals surface area contributed by atoms with Gasteiger partial charge in [0.15, 0.2) is 0 Å². The summed E-state index contributed by atoms with van der Waals surface area (Å²) < 4.78 is 5.28. The molecule has 2 aromatic rings. The van der Waals surface area contributed by atoms with Gasteiger partial charge in [-0.2, -0.15) is 0 Å². The van der Waals surface area contributed by atoms with Crippen molar-refractivity contribution < 1.29 is 4.74 Å². The predicted molar refractivity (Wildman–Crippen MR) is 79.6 cm³/mol. The normalized spacial score (nSPS) is 12.1. The maximum atomic E-state index is 5.28. The zero-order valence-electron chi connectivity index (χ0n) is 11.6. The predicted octanol–water partition coefficient (Wildman–Crippen LogP) is 3.59. The second-order valence-electron chi connectivity index (χ2n) is 4.58. The standard InChI is InChI=1S/C17H21NO/c1-3-18-17(15-9-5-4-6-10-15)13-14-8-7-11-16(12-14)19-2/h4-12,17-18H,3,13H2,1-2H3. The van der Waals surface area contributed by atoms with Crippen LogP contribution >= 0.6 is 0 Å². The van der Waals surface area contributed by atoms with Gasteiger partial charge in [0.05, 0.1) is 7.11 Å². The van der Waals surface area contributed by atoms with Gasteiger partial charge in [0, 0.05) is 6.04 Å². The molecular weight excluding hydrogens is 234 g/mol. The quantitative estimate of drug-likeness (QED) is 0.851. The van der Waals surface area contributed by atoms with E-state index in [1.54, 1.807) is 7.11 Å². The molecule has 1 unspecified atom stereocenters. The van der Waals surface area contributed by atoms with Gasteiger partial charge in [-0.15, -0.1) is 0 Å². The van der Waals surface area contributed by atoms with E-state index >= 15 is 0 Å². The fraction of sp³-hybridized carbons (Fsp3) is 0.294. The minimum absolute atomic E-state index is 0.346. The zero-order valence-corrected chi connectivity index (χ0v) is 11.6. The van der Waals surface area contributed by atoms with Crippen molar-refractivity contribution in [2.75, 3.05) is 13.7 Å². The van der Waals surface area contributed by atoms with E-state index in [-0.39, 0.29) is 0 Å². The molecular formula is C17H21NO. The summed E-state index contributed by atoms with van der Waals surface area (Å²) in [6, 6.07) is 19.2. The second-order valence-corrected chi connectivity index (χ2v) is 4.58. The number of nitrogens with one attached hydrogen (secondary N) is 1. The van der Waals surface area contributed by atoms with Crippen LogP contribution < -0.4 is 10.1 Å². The average molecular weight is 255 g/mol. The van der Waals surface area contributed by atoms with E-state index in [2.05, 4.69) is 54.7 Å². The van der Waals surface area contributed by atoms with Gasteiger partial charge in [-0.3, -0.25) is 0 Å². The lowest BCUT2D eigenvalue weighted by Gasteiger charge is -2.18. The molecule has 0 amide bonds. The summed E-state index contributed by atoms with van der Waals surface area (Å²) in [5.74, 6) is 0.917. The maximum Gasteiger partial charge on any atom is 0.119 e. The molecule has 0 saturated heterocycles. The molecule has 0 radical (unpaired) electrons. The lowest BCUT2D eigenvalue weighted by atomic mass is 9.99. The Balaban J connectivity index is 2.16. The van der Waals surface area contributed by atoms with Crippen LogP contribution in [0.15, 0.2) is 54.6 Å². The number of benzene rings is 2. The molecule has 0 spiro atoms. The van der Waals surface area contributed by atoms with Gasteiger partial charge in [0.2, 0.25) is 0 Å². The van der Waals surface area contributed by atoms with Gasteiger partial charge in [-0.1, -0.05) is 49.4 Å². The highest BCUT2D eigenvalue weighted by Crippen LogP contribution is 2.21. The van der Waals surface area contributed by atoms with E-state index in [1.807, 2.05) is 12.1 Å². The van der Waals surface area contributed by atoms with Gasteiger partial charge in [-0.05, 0) is 36.2 Å². The highest BCUT2D eigenvalue weighted by atomic mass is 16.5. The molecule has 1 N–H and O–H groups in total. The summed E-state index contributed by atoms with van der Waals surface area (Å²) in [4.78, 5) is 0. The number of hydrogen-bond acceptors (Lipinski definition) is 2. The van der Waals surface area contributed by atoms with Crippen molar-refractivity contribution in [1.29, 1.82) is 0 Å². The van der Waals surface area contributed by atoms with Crippen LogP contribution in [0.2, 0.25) is 0 Å². The fourth-order valence-corrected chi connectivity index (χ4v) is 2.27. The molecule has 0 fully saturated rings. The third-order valence-corrected chi connectivity index (χ3v) is 3.23. The first kappa shape index (κ1) is 13.6. The first-order valence-corrected chi connectivity index (χ1v) is 6.74. The number of hydrogen-bond donors (Lipinski definition) is 1. The first-order chi connectivity index (χ1) is 9.33. The minimum atomic E-state index is 0.346. The molecule has 0 bridgehead atoms. The van der Waals surface area contributed by atoms with Gasteiger partial charge in [-0.25, -0.2) is 0 Å². The Hall–Kier alpha value is -1.80. The van der Waals surface area contributed by atoms with E-state index in [0.29, 0.717) is 6.04 Å². The molecule has 1 atom stereocenters. The van der Waals surface area contributed by atoms with E-state index in [0.717, 1.165) is 18.7 Å². The number of methoxy groups -OCH3 is 1. The SMILES string of the molecule is CCNC(Cc1cccc(OC)c1)c1ccccc1. The smallest absolute Gasteiger partial charge is 0.119 e. The Kier molecular flexibility index (Phi) is 4.99. The summed E-state index contributed by atoms with van der Waals surface area (Å²) in [6.45, 7) is 3.10. The molecule has 0 aliphatic rings. The molecule has 100 valence electrons. The Morgan fingerprint density at radius 2 is 1.84 bits per heavy atom. The van der Waals surface area contributed by atoms with E-state index in [9.17, 15) is 0 Å². The minimum Gasteiger partial charge on any atom is -0.497 e. The Morgan fingerprint density at radius 1 is 1.05 bits per heavy atom. The van der Waals surface area contributed by atoms with Crippen molar-refractivity contribution in [3.05, 3.63) is 65.7 Å². The Labute approximate surface area is 115 Å². The van der Waals surface area contributed by atoms with Crippen LogP contribution in [-0.2, 0) is 6.42 Å². The Bertz CT molecular complexity index is 496. The largest absolute Gasteiger partial charge is 0.497 e. The van der Waals surface area contributed by atoms with Gasteiger partial charge in [0.25, 0.3) is 0 Å². The molecule has 0 aliphatic carbocycles. The van der Waals surface area contributed by atoms with Crippen LogP contribution in [0, 0.1) is 0 Å². The van der Waals surface area contributed by atoms with Crippen molar-refractivity contribution in [2.45, 2.75) is 19.4 Å². The van der Waals surface area contributed by atoms with E-state index in [4.69, 9.17) is 4.74 Å². The lowest BCUT2D eigenvalue weighted by molar-refractivity contribution is 0.414. The maximum absolute atomic E-state index is 5.28. The van der Waals surface area contributed by atoms with Crippen molar-refractivity contribution in [3.63, 3.8) is 0 Å². The first-order valence-electron chi connectivity index (χ1n) is 6.74. The zero-order chi connectivity index (χ0) is 13.5. The molecule has 2 rings (SSSR count). The van der Waals surface area contributed by atoms with Crippen LogP contribution in [0.25, 0.3) is 0 Å². The second kappa shape index (κ2) is 6.95. The van der Waals surface area contributed by atoms with Crippen LogP contribution in [0.1, 0.15) is 24.1 Å². The fourth-order valence-electron chi connectivity index (χ4n) is 2.27. The molecule has 2 aromatic carbocycles. The molecule has 0 heterocycles. The van der Waals surface area contributed by atoms with Gasteiger partial charge >= 0.3 is 0 Å². The summed E-state index contributed by atoms with van der Waals surface area (Å²) in [5, 5.41) is 3.54. The third kappa shape index (κ3) is 3.83. The van der Waals surface area contributed by atoms with Crippen LogP contribution in [0.4, 0.5) is 0 Å². The number of likely N-dealkylation sites (N-methyl/N-ethyl adjacent to an activating group) is 1. The topological polar surface area (TPSA) is 21.3 Å². The van der Waals surface area contributed by atoms with Crippen molar-refractivity contribution >= 4 is 0 Å². The van der Waals surface area contributed by atoms with Crippen LogP contribution in [-0.4, -0.2) is 13.7 Å². The summed E-state index contributed by atoms with van der Waals surface area (Å²) in [5.41, 5.74) is 2.61. The molecule has 0 aromatic heterocycles. The monoisotopic (exact) mass is 255 g/mol. The molecule has 2 heteroatoms. The highest BCUT2D eigenvalue weighted by molar-refractivity contribution is 5.30. The van der Waals surface area contributed by atoms with Gasteiger partial charge < -0.3 is 10.1 Å². The molecule has 2 nitrogen and oxygen atoms in total. The van der Waals surface area contributed by atoms with Crippen molar-refractivity contribution in [1.82, 2.24) is 5.32 Å². The summed E-state index contributed by atoms with van der Waals surface area (Å²) in [6.07, 6.45) is 0.967. The summed E-state index contributed by atoms with van der Waals surface area (Å²) in [7, 11) is 1.71. The third-order valence-electron chi connectivity index (χ3n) is 3.23. The lowest BCUT2D eigenvalue weighted by Crippen LogP contribution is -2.22. The average Bonchev–Trinajstić information content (AvgIpc) is 2.48. The van der Waals surface area contributed by atoms with Gasteiger partial charge in [0.1, 0.15) is 5.75 Å². The van der Waals surface area contributed by atoms with E-state index in [1.165, 1.54) is 11.1 Å². The van der Waals surface area contributed by atoms with Crippen LogP contribution in [0.3, 0.4) is 0 Å². The summed E-state index contributed by atoms with van der Waals surface area (Å²) >= 11 is 0. The van der Waals surface area contributed by atoms with Crippen molar-refractivity contribution in [3.8, 4) is 5.75 Å². The van der Waals surface area contributed by atoms with Crippen molar-refractivity contribution in [2.24, 2.45) is 0 Å². The number of rotatable bonds is 6. The Morgan fingerprint density at radius 3 is 2.53 bits per heavy atom. The number of ether oxygens (including phenoxy) is 1. The molecule has 0 saturated carbocycles. The highest BCUT2D eigenvalue weighted by Gasteiger charge is 2.10. The van der Waals surface area contributed by atoms with E-state index < -0.39 is 0 Å². The van der Waals surface area contributed by atoms with Crippen LogP contribution in [0.5, 0.6) is 5.75 Å².